The quantitative estimate of drug-likeness (QED) is 0.581. The van der Waals surface area contributed by atoms with Gasteiger partial charge in [-0.2, -0.15) is 0 Å². The van der Waals surface area contributed by atoms with Crippen LogP contribution in [0.15, 0.2) is 36.4 Å². The second-order valence-electron chi connectivity index (χ2n) is 3.87. The van der Waals surface area contributed by atoms with Crippen LogP contribution in [0.3, 0.4) is 0 Å². The van der Waals surface area contributed by atoms with Crippen molar-refractivity contribution in [3.8, 4) is 5.75 Å². The Morgan fingerprint density at radius 2 is 1.79 bits per heavy atom. The fraction of sp³-hybridized carbons (Fsp3) is 0.143. The summed E-state index contributed by atoms with van der Waals surface area (Å²) >= 11 is 21.5. The summed E-state index contributed by atoms with van der Waals surface area (Å²) in [6.07, 6.45) is 0. The van der Waals surface area contributed by atoms with E-state index in [1.165, 1.54) is 0 Å². The van der Waals surface area contributed by atoms with Crippen molar-refractivity contribution in [2.45, 2.75) is 11.9 Å². The molecule has 100 valence electrons. The molecule has 2 aromatic rings. The van der Waals surface area contributed by atoms with Gasteiger partial charge >= 0.3 is 0 Å². The molecule has 5 heteroatoms. The molecule has 0 aliphatic rings. The van der Waals surface area contributed by atoms with Crippen LogP contribution in [0, 0.1) is 0 Å². The zero-order valence-corrected chi connectivity index (χ0v) is 13.7. The Kier molecular flexibility index (Phi) is 5.40. The molecule has 0 saturated heterocycles. The van der Waals surface area contributed by atoms with Gasteiger partial charge in [0.05, 0.1) is 0 Å². The van der Waals surface area contributed by atoms with Crippen molar-refractivity contribution in [2.75, 3.05) is 0 Å². The van der Waals surface area contributed by atoms with Gasteiger partial charge in [-0.25, -0.2) is 0 Å². The first kappa shape index (κ1) is 15.0. The predicted octanol–water partition coefficient (Wildman–Crippen LogP) is 6.12. The Morgan fingerprint density at radius 1 is 1.00 bits per heavy atom. The minimum absolute atomic E-state index is 0.371. The van der Waals surface area contributed by atoms with Crippen LogP contribution in [0.25, 0.3) is 0 Å². The van der Waals surface area contributed by atoms with Gasteiger partial charge in [-0.05, 0) is 24.3 Å². The summed E-state index contributed by atoms with van der Waals surface area (Å²) in [5.41, 5.74) is 1.81. The van der Waals surface area contributed by atoms with E-state index in [2.05, 4.69) is 15.9 Å². The van der Waals surface area contributed by atoms with Gasteiger partial charge in [-0.15, -0.1) is 0 Å². The smallest absolute Gasteiger partial charge is 0.125 e. The van der Waals surface area contributed by atoms with Crippen LogP contribution in [-0.2, 0) is 11.9 Å². The van der Waals surface area contributed by atoms with Crippen molar-refractivity contribution in [1.29, 1.82) is 0 Å². The highest BCUT2D eigenvalue weighted by atomic mass is 79.9. The SMILES string of the molecule is Clc1ccc(COc2cccc(Cl)c2CBr)c(Cl)c1. The van der Waals surface area contributed by atoms with E-state index in [9.17, 15) is 0 Å². The van der Waals surface area contributed by atoms with E-state index < -0.39 is 0 Å². The molecule has 0 aromatic heterocycles. The van der Waals surface area contributed by atoms with E-state index in [0.717, 1.165) is 16.9 Å². The van der Waals surface area contributed by atoms with Crippen molar-refractivity contribution in [3.63, 3.8) is 0 Å². The first-order chi connectivity index (χ1) is 9.11. The van der Waals surface area contributed by atoms with E-state index in [0.29, 0.717) is 27.0 Å². The summed E-state index contributed by atoms with van der Waals surface area (Å²) in [6.45, 7) is 0.371. The molecule has 0 bridgehead atoms. The van der Waals surface area contributed by atoms with Crippen molar-refractivity contribution in [3.05, 3.63) is 62.6 Å². The third-order valence-electron chi connectivity index (χ3n) is 2.61. The molecule has 0 radical (unpaired) electrons. The minimum Gasteiger partial charge on any atom is -0.488 e. The molecule has 0 amide bonds. The van der Waals surface area contributed by atoms with E-state index in [-0.39, 0.29) is 0 Å². The number of rotatable bonds is 4. The number of benzene rings is 2. The molecule has 2 aromatic carbocycles. The maximum absolute atomic E-state index is 6.11. The lowest BCUT2D eigenvalue weighted by Crippen LogP contribution is -1.99. The van der Waals surface area contributed by atoms with E-state index in [1.54, 1.807) is 12.1 Å². The minimum atomic E-state index is 0.371. The Labute approximate surface area is 135 Å². The Hall–Kier alpha value is -0.410. The molecule has 1 nitrogen and oxygen atoms in total. The Morgan fingerprint density at radius 3 is 2.47 bits per heavy atom. The second kappa shape index (κ2) is 6.85. The summed E-state index contributed by atoms with van der Waals surface area (Å²) in [5.74, 6) is 0.746. The molecule has 0 saturated carbocycles. The third-order valence-corrected chi connectivity index (χ3v) is 4.11. The largest absolute Gasteiger partial charge is 0.488 e. The lowest BCUT2D eigenvalue weighted by Gasteiger charge is -2.12. The molecular formula is C14H10BrCl3O. The maximum Gasteiger partial charge on any atom is 0.125 e. The second-order valence-corrected chi connectivity index (χ2v) is 5.69. The lowest BCUT2D eigenvalue weighted by atomic mass is 10.2. The molecule has 0 atom stereocenters. The number of ether oxygens (including phenoxy) is 1. The number of alkyl halides is 1. The van der Waals surface area contributed by atoms with Crippen LogP contribution in [0.5, 0.6) is 5.75 Å². The molecule has 0 spiro atoms. The first-order valence-electron chi connectivity index (χ1n) is 5.52. The van der Waals surface area contributed by atoms with E-state index in [4.69, 9.17) is 39.5 Å². The third kappa shape index (κ3) is 3.79. The Balaban J connectivity index is 2.17. The van der Waals surface area contributed by atoms with Crippen molar-refractivity contribution >= 4 is 50.7 Å². The van der Waals surface area contributed by atoms with Crippen LogP contribution < -0.4 is 4.74 Å². The van der Waals surface area contributed by atoms with Crippen molar-refractivity contribution in [1.82, 2.24) is 0 Å². The molecule has 0 N–H and O–H groups in total. The highest BCUT2D eigenvalue weighted by Gasteiger charge is 2.08. The summed E-state index contributed by atoms with van der Waals surface area (Å²) in [6, 6.07) is 10.9. The van der Waals surface area contributed by atoms with Crippen LogP contribution in [0.2, 0.25) is 15.1 Å². The summed E-state index contributed by atoms with van der Waals surface area (Å²) in [4.78, 5) is 0. The topological polar surface area (TPSA) is 9.23 Å². The summed E-state index contributed by atoms with van der Waals surface area (Å²) in [5, 5.41) is 2.51. The number of hydrogen-bond donors (Lipinski definition) is 0. The average molecular weight is 380 g/mol. The van der Waals surface area contributed by atoms with Crippen LogP contribution in [-0.4, -0.2) is 0 Å². The molecule has 0 unspecified atom stereocenters. The van der Waals surface area contributed by atoms with Gasteiger partial charge in [0, 0.05) is 31.5 Å². The van der Waals surface area contributed by atoms with Gasteiger partial charge in [-0.3, -0.25) is 0 Å². The lowest BCUT2D eigenvalue weighted by molar-refractivity contribution is 0.304. The van der Waals surface area contributed by atoms with E-state index >= 15 is 0 Å². The average Bonchev–Trinajstić information content (AvgIpc) is 2.38. The predicted molar refractivity (Wildman–Crippen MR) is 84.9 cm³/mol. The first-order valence-corrected chi connectivity index (χ1v) is 7.77. The zero-order valence-electron chi connectivity index (χ0n) is 9.80. The van der Waals surface area contributed by atoms with Crippen LogP contribution >= 0.6 is 50.7 Å². The molecule has 2 rings (SSSR count). The fourth-order valence-corrected chi connectivity index (χ4v) is 3.03. The monoisotopic (exact) mass is 378 g/mol. The summed E-state index contributed by atoms with van der Waals surface area (Å²) in [7, 11) is 0. The standard InChI is InChI=1S/C14H10BrCl3O/c15-7-11-12(17)2-1-3-14(11)19-8-9-4-5-10(16)6-13(9)18/h1-6H,7-8H2. The molecule has 0 fully saturated rings. The van der Waals surface area contributed by atoms with Crippen LogP contribution in [0.4, 0.5) is 0 Å². The van der Waals surface area contributed by atoms with Crippen LogP contribution in [0.1, 0.15) is 11.1 Å². The summed E-state index contributed by atoms with van der Waals surface area (Å²) < 4.78 is 5.77. The molecular weight excluding hydrogens is 370 g/mol. The molecule has 0 aliphatic heterocycles. The fourth-order valence-electron chi connectivity index (χ4n) is 1.60. The van der Waals surface area contributed by atoms with Gasteiger partial charge in [0.25, 0.3) is 0 Å². The zero-order chi connectivity index (χ0) is 13.8. The van der Waals surface area contributed by atoms with Crippen molar-refractivity contribution < 1.29 is 4.74 Å². The van der Waals surface area contributed by atoms with E-state index in [1.807, 2.05) is 24.3 Å². The van der Waals surface area contributed by atoms with Gasteiger partial charge in [0.2, 0.25) is 0 Å². The maximum atomic E-state index is 6.11. The van der Waals surface area contributed by atoms with Gasteiger partial charge < -0.3 is 4.74 Å². The van der Waals surface area contributed by atoms with Gasteiger partial charge in [-0.1, -0.05) is 62.9 Å². The number of hydrogen-bond acceptors (Lipinski definition) is 1. The highest BCUT2D eigenvalue weighted by molar-refractivity contribution is 9.08. The van der Waals surface area contributed by atoms with Gasteiger partial charge in [0.15, 0.2) is 0 Å². The Bertz CT molecular complexity index is 587. The number of halogens is 4. The molecule has 0 heterocycles. The highest BCUT2D eigenvalue weighted by Crippen LogP contribution is 2.30. The normalized spacial score (nSPS) is 10.5. The molecule has 19 heavy (non-hydrogen) atoms. The van der Waals surface area contributed by atoms with Gasteiger partial charge in [0.1, 0.15) is 12.4 Å². The van der Waals surface area contributed by atoms with Crippen molar-refractivity contribution in [2.24, 2.45) is 0 Å². The molecule has 0 aliphatic carbocycles.